The second kappa shape index (κ2) is 16.5. The first-order valence-electron chi connectivity index (χ1n) is 18.0. The second-order valence-corrected chi connectivity index (χ2v) is 14.3. The monoisotopic (exact) mass is 783 g/mol. The third kappa shape index (κ3) is 8.14. The number of ether oxygens (including phenoxy) is 1. The molecular weight excluding hydrogens is 745 g/mol. The smallest absolute Gasteiger partial charge is 0.407 e. The zero-order valence-corrected chi connectivity index (χ0v) is 31.6. The van der Waals surface area contributed by atoms with E-state index in [1.807, 2.05) is 53.4 Å². The average Bonchev–Trinajstić information content (AvgIpc) is 3.80. The third-order valence-electron chi connectivity index (χ3n) is 9.99. The summed E-state index contributed by atoms with van der Waals surface area (Å²) < 4.78 is 7.10. The van der Waals surface area contributed by atoms with E-state index in [2.05, 4.69) is 15.6 Å². The number of pyridine rings is 2. The van der Waals surface area contributed by atoms with Gasteiger partial charge in [-0.3, -0.25) is 18.8 Å². The fourth-order valence-corrected chi connectivity index (χ4v) is 7.75. The fourth-order valence-electron chi connectivity index (χ4n) is 7.09. The van der Waals surface area contributed by atoms with Gasteiger partial charge in [0, 0.05) is 97.4 Å². The first-order valence-corrected chi connectivity index (χ1v) is 18.7. The number of likely N-dealkylation sites (tertiary alicyclic amines) is 1. The number of halogens is 2. The Bertz CT molecular complexity index is 2350. The number of fused-ring (bicyclic) bond motifs is 1. The Morgan fingerprint density at radius 3 is 2.44 bits per heavy atom. The summed E-state index contributed by atoms with van der Waals surface area (Å²) in [5, 5.41) is 16.8. The number of nitrogens with one attached hydrogen (secondary N) is 2. The number of nitrogens with zero attached hydrogens (tertiary/aromatic N) is 5. The number of hydrogen-bond acceptors (Lipinski definition) is 8. The van der Waals surface area contributed by atoms with E-state index in [1.54, 1.807) is 24.5 Å². The molecule has 284 valence electrons. The highest BCUT2D eigenvalue weighted by molar-refractivity contribution is 6.39. The fraction of sp³-hybridized carbons (Fsp3) is 0.300. The molecule has 0 aliphatic carbocycles. The van der Waals surface area contributed by atoms with Gasteiger partial charge in [0.1, 0.15) is 5.65 Å². The molecule has 55 heavy (non-hydrogen) atoms. The Labute approximate surface area is 326 Å². The van der Waals surface area contributed by atoms with Crippen LogP contribution in [0.15, 0.2) is 77.9 Å². The Kier molecular flexibility index (Phi) is 11.3. The van der Waals surface area contributed by atoms with Gasteiger partial charge < -0.3 is 30.3 Å². The first kappa shape index (κ1) is 37.8. The molecule has 13 nitrogen and oxygen atoms in total. The molecule has 1 atom stereocenters. The maximum absolute atomic E-state index is 13.3. The number of benzene rings is 2. The summed E-state index contributed by atoms with van der Waals surface area (Å²) in [5.74, 6) is 0.341. The van der Waals surface area contributed by atoms with Crippen LogP contribution in [0, 0.1) is 0 Å². The van der Waals surface area contributed by atoms with E-state index in [0.29, 0.717) is 88.1 Å². The van der Waals surface area contributed by atoms with Crippen LogP contribution in [0.4, 0.5) is 4.79 Å². The van der Waals surface area contributed by atoms with E-state index in [9.17, 15) is 24.3 Å². The van der Waals surface area contributed by atoms with Crippen LogP contribution < -0.4 is 20.9 Å². The Morgan fingerprint density at radius 1 is 1.00 bits per heavy atom. The summed E-state index contributed by atoms with van der Waals surface area (Å²) in [7, 11) is 1.47. The van der Waals surface area contributed by atoms with E-state index in [0.717, 1.165) is 24.1 Å². The van der Waals surface area contributed by atoms with Crippen LogP contribution in [0.2, 0.25) is 10.0 Å². The van der Waals surface area contributed by atoms with Gasteiger partial charge in [-0.1, -0.05) is 59.6 Å². The molecular formula is C40H39Cl2N7O6. The standard InChI is InChI=1S/C40H39Cl2N7O6/c1-55-38-25(22-48(40(53)54)23-27-11-13-34(50)45-27)10-12-32(46-38)31-8-3-7-30(37(31)42)29-6-2-5-28(36(29)41)24-14-17-49-33(19-24)44-21-26(39(49)52)20-43-15-18-47-16-4-9-35(47)51/h2-3,5-8,10,12,14,17,19,21,27,43H,4,9,11,13,15-16,18,20,22-23H2,1H3,(H,45,50)(H,53,54)/t27-/m0/s1. The van der Waals surface area contributed by atoms with Gasteiger partial charge in [-0.2, -0.15) is 0 Å². The molecule has 15 heteroatoms. The Hall–Kier alpha value is -5.50. The first-order chi connectivity index (χ1) is 26.6. The largest absolute Gasteiger partial charge is 0.481 e. The Balaban J connectivity index is 1.10. The van der Waals surface area contributed by atoms with Crippen molar-refractivity contribution in [1.29, 1.82) is 0 Å². The molecule has 0 radical (unpaired) electrons. The van der Waals surface area contributed by atoms with Crippen molar-refractivity contribution < 1.29 is 24.2 Å². The highest BCUT2D eigenvalue weighted by Gasteiger charge is 2.27. The van der Waals surface area contributed by atoms with Gasteiger partial charge in [0.25, 0.3) is 5.56 Å². The van der Waals surface area contributed by atoms with Crippen LogP contribution in [-0.4, -0.2) is 86.5 Å². The number of carbonyl (C=O) groups excluding carboxylic acids is 2. The highest BCUT2D eigenvalue weighted by atomic mass is 35.5. The number of methoxy groups -OCH3 is 1. The van der Waals surface area contributed by atoms with Crippen LogP contribution in [-0.2, 0) is 22.7 Å². The topological polar surface area (TPSA) is 158 Å². The van der Waals surface area contributed by atoms with E-state index >= 15 is 0 Å². The van der Waals surface area contributed by atoms with Crippen LogP contribution in [0.25, 0.3) is 39.2 Å². The van der Waals surface area contributed by atoms with E-state index in [4.69, 9.17) is 32.9 Å². The minimum absolute atomic E-state index is 0.0225. The molecule has 0 spiro atoms. The van der Waals surface area contributed by atoms with Crippen molar-refractivity contribution in [3.63, 3.8) is 0 Å². The van der Waals surface area contributed by atoms with Gasteiger partial charge in [-0.15, -0.1) is 0 Å². The summed E-state index contributed by atoms with van der Waals surface area (Å²) in [4.78, 5) is 61.2. The summed E-state index contributed by atoms with van der Waals surface area (Å²) in [6.45, 7) is 2.48. The molecule has 2 aliphatic rings. The molecule has 7 rings (SSSR count). The lowest BCUT2D eigenvalue weighted by molar-refractivity contribution is -0.127. The molecule has 5 heterocycles. The lowest BCUT2D eigenvalue weighted by Gasteiger charge is -2.23. The van der Waals surface area contributed by atoms with Gasteiger partial charge >= 0.3 is 6.09 Å². The van der Waals surface area contributed by atoms with Crippen molar-refractivity contribution in [2.45, 2.75) is 44.8 Å². The minimum Gasteiger partial charge on any atom is -0.481 e. The van der Waals surface area contributed by atoms with Crippen LogP contribution >= 0.6 is 23.2 Å². The molecule has 2 aromatic carbocycles. The molecule has 2 fully saturated rings. The van der Waals surface area contributed by atoms with E-state index < -0.39 is 6.09 Å². The molecule has 3 aromatic heterocycles. The maximum Gasteiger partial charge on any atom is 0.407 e. The predicted octanol–water partition coefficient (Wildman–Crippen LogP) is 5.88. The molecule has 2 aliphatic heterocycles. The molecule has 0 bridgehead atoms. The van der Waals surface area contributed by atoms with Gasteiger partial charge in [0.2, 0.25) is 17.7 Å². The summed E-state index contributed by atoms with van der Waals surface area (Å²) in [5.41, 5.74) is 5.37. The molecule has 5 aromatic rings. The molecule has 2 saturated heterocycles. The quantitative estimate of drug-likeness (QED) is 0.124. The Morgan fingerprint density at radius 2 is 1.75 bits per heavy atom. The van der Waals surface area contributed by atoms with Crippen LogP contribution in [0.5, 0.6) is 5.88 Å². The van der Waals surface area contributed by atoms with E-state index in [-0.39, 0.29) is 42.4 Å². The van der Waals surface area contributed by atoms with Gasteiger partial charge in [-0.05, 0) is 42.7 Å². The number of amides is 3. The van der Waals surface area contributed by atoms with Crippen molar-refractivity contribution in [2.24, 2.45) is 0 Å². The van der Waals surface area contributed by atoms with Crippen molar-refractivity contribution in [3.8, 4) is 39.4 Å². The summed E-state index contributed by atoms with van der Waals surface area (Å²) in [6, 6.07) is 18.1. The third-order valence-corrected chi connectivity index (χ3v) is 10.8. The van der Waals surface area contributed by atoms with Crippen molar-refractivity contribution in [3.05, 3.63) is 105 Å². The number of carbonyl (C=O) groups is 3. The number of rotatable bonds is 13. The lowest BCUT2D eigenvalue weighted by atomic mass is 9.97. The molecule has 3 N–H and O–H groups in total. The van der Waals surface area contributed by atoms with Gasteiger partial charge in [-0.25, -0.2) is 14.8 Å². The minimum atomic E-state index is -1.11. The van der Waals surface area contributed by atoms with Crippen LogP contribution in [0.3, 0.4) is 0 Å². The van der Waals surface area contributed by atoms with Crippen LogP contribution in [0.1, 0.15) is 36.8 Å². The van der Waals surface area contributed by atoms with Crippen molar-refractivity contribution in [1.82, 2.24) is 34.8 Å². The predicted molar refractivity (Wildman–Crippen MR) is 209 cm³/mol. The summed E-state index contributed by atoms with van der Waals surface area (Å²) in [6.07, 6.45) is 4.59. The van der Waals surface area contributed by atoms with Crippen molar-refractivity contribution >= 4 is 46.8 Å². The number of aromatic nitrogens is 3. The van der Waals surface area contributed by atoms with Gasteiger partial charge in [0.05, 0.1) is 29.4 Å². The van der Waals surface area contributed by atoms with E-state index in [1.165, 1.54) is 16.4 Å². The maximum atomic E-state index is 13.3. The summed E-state index contributed by atoms with van der Waals surface area (Å²) >= 11 is 14.2. The number of hydrogen-bond donors (Lipinski definition) is 3. The lowest BCUT2D eigenvalue weighted by Crippen LogP contribution is -2.41. The normalized spacial score (nSPS) is 15.5. The molecule has 3 amide bonds. The zero-order valence-electron chi connectivity index (χ0n) is 30.1. The average molecular weight is 785 g/mol. The highest BCUT2D eigenvalue weighted by Crippen LogP contribution is 2.42. The van der Waals surface area contributed by atoms with Gasteiger partial charge in [0.15, 0.2) is 0 Å². The SMILES string of the molecule is COc1nc(-c2cccc(-c3cccc(-c4ccn5c(=O)c(CNCCN6CCCC6=O)cnc5c4)c3Cl)c2Cl)ccc1CN(C[C@@H]1CCC(=O)N1)C(=O)O. The number of carboxylic acid groups (broad SMARTS) is 1. The molecule has 0 unspecified atom stereocenters. The second-order valence-electron chi connectivity index (χ2n) is 13.6. The zero-order chi connectivity index (χ0) is 38.6. The van der Waals surface area contributed by atoms with Crippen molar-refractivity contribution in [2.75, 3.05) is 33.3 Å². The molecule has 0 saturated carbocycles.